The number of phenols is 2. The number of phenolic OH excluding ortho intramolecular Hbond substituents is 2. The second kappa shape index (κ2) is 7.17. The third-order valence-corrected chi connectivity index (χ3v) is 3.91. The van der Waals surface area contributed by atoms with Crippen LogP contribution < -0.4 is 10.1 Å². The first-order valence-corrected chi connectivity index (χ1v) is 7.93. The highest BCUT2D eigenvalue weighted by Crippen LogP contribution is 2.39. The second-order valence-corrected chi connectivity index (χ2v) is 5.57. The predicted molar refractivity (Wildman–Crippen MR) is 92.6 cm³/mol. The number of aromatic hydroxyl groups is 2. The molecule has 25 heavy (non-hydrogen) atoms. The second-order valence-electron chi connectivity index (χ2n) is 5.57. The first-order chi connectivity index (χ1) is 12.1. The smallest absolute Gasteiger partial charge is 0.200 e. The van der Waals surface area contributed by atoms with Crippen molar-refractivity contribution in [1.82, 2.24) is 5.32 Å². The van der Waals surface area contributed by atoms with Gasteiger partial charge in [0.25, 0.3) is 0 Å². The van der Waals surface area contributed by atoms with E-state index >= 15 is 0 Å². The number of carbonyl (C=O) groups is 1. The van der Waals surface area contributed by atoms with E-state index in [1.54, 1.807) is 24.3 Å². The lowest BCUT2D eigenvalue weighted by Gasteiger charge is -2.22. The summed E-state index contributed by atoms with van der Waals surface area (Å²) >= 11 is 0. The summed E-state index contributed by atoms with van der Waals surface area (Å²) in [5, 5.41) is 22.9. The van der Waals surface area contributed by atoms with Gasteiger partial charge in [-0.15, -0.1) is 0 Å². The molecule has 1 aliphatic rings. The molecular formula is C19H19NO5. The van der Waals surface area contributed by atoms with Crippen LogP contribution in [0.5, 0.6) is 17.2 Å². The van der Waals surface area contributed by atoms with Gasteiger partial charge in [-0.05, 0) is 24.1 Å². The van der Waals surface area contributed by atoms with E-state index in [9.17, 15) is 15.0 Å². The third kappa shape index (κ3) is 3.38. The van der Waals surface area contributed by atoms with Gasteiger partial charge in [-0.3, -0.25) is 4.79 Å². The Morgan fingerprint density at radius 3 is 2.56 bits per heavy atom. The Balaban J connectivity index is 2.16. The number of ether oxygens (including phenoxy) is 2. The Morgan fingerprint density at radius 2 is 1.92 bits per heavy atom. The zero-order chi connectivity index (χ0) is 17.8. The van der Waals surface area contributed by atoms with Crippen LogP contribution in [-0.2, 0) is 4.74 Å². The Hall–Kier alpha value is -3.15. The number of rotatable bonds is 4. The standard InChI is InChI=1S/C19H19NO5/c1-24-15-11-13(10-14(21)18(15)23)16(19-20-8-5-9-25-19)17(22)12-6-3-2-4-7-12/h2-4,6-7,10-11,20-21,23H,5,8-9H2,1H3/b19-16+. The van der Waals surface area contributed by atoms with Gasteiger partial charge in [-0.25, -0.2) is 0 Å². The van der Waals surface area contributed by atoms with Crippen LogP contribution in [-0.4, -0.2) is 36.3 Å². The van der Waals surface area contributed by atoms with Crippen LogP contribution in [0, 0.1) is 0 Å². The molecule has 1 heterocycles. The van der Waals surface area contributed by atoms with E-state index in [-0.39, 0.29) is 28.6 Å². The summed E-state index contributed by atoms with van der Waals surface area (Å²) in [6, 6.07) is 11.6. The lowest BCUT2D eigenvalue weighted by molar-refractivity contribution is 0.104. The Labute approximate surface area is 145 Å². The maximum Gasteiger partial charge on any atom is 0.200 e. The van der Waals surface area contributed by atoms with Gasteiger partial charge in [-0.1, -0.05) is 30.3 Å². The number of ketones is 1. The molecule has 0 saturated carbocycles. The van der Waals surface area contributed by atoms with Crippen molar-refractivity contribution in [3.8, 4) is 17.2 Å². The molecular weight excluding hydrogens is 322 g/mol. The molecule has 1 aliphatic heterocycles. The van der Waals surface area contributed by atoms with Gasteiger partial charge in [0, 0.05) is 12.1 Å². The Kier molecular flexibility index (Phi) is 4.79. The molecule has 0 aromatic heterocycles. The van der Waals surface area contributed by atoms with Crippen molar-refractivity contribution in [2.24, 2.45) is 0 Å². The molecule has 0 radical (unpaired) electrons. The van der Waals surface area contributed by atoms with Gasteiger partial charge >= 0.3 is 0 Å². The highest BCUT2D eigenvalue weighted by molar-refractivity contribution is 6.29. The summed E-state index contributed by atoms with van der Waals surface area (Å²) in [5.74, 6) is -0.571. The zero-order valence-corrected chi connectivity index (χ0v) is 13.8. The van der Waals surface area contributed by atoms with E-state index in [2.05, 4.69) is 5.32 Å². The number of Topliss-reactive ketones (excluding diaryl/α,β-unsaturated/α-hetero) is 1. The van der Waals surface area contributed by atoms with Crippen molar-refractivity contribution in [2.75, 3.05) is 20.3 Å². The molecule has 1 saturated heterocycles. The van der Waals surface area contributed by atoms with Gasteiger partial charge in [0.05, 0.1) is 19.3 Å². The molecule has 130 valence electrons. The van der Waals surface area contributed by atoms with Gasteiger partial charge in [0.2, 0.25) is 5.75 Å². The topological polar surface area (TPSA) is 88.0 Å². The van der Waals surface area contributed by atoms with Gasteiger partial charge in [-0.2, -0.15) is 0 Å². The summed E-state index contributed by atoms with van der Waals surface area (Å²) in [6.45, 7) is 1.18. The monoisotopic (exact) mass is 341 g/mol. The van der Waals surface area contributed by atoms with Crippen molar-refractivity contribution < 1.29 is 24.5 Å². The molecule has 3 rings (SSSR count). The molecule has 0 atom stereocenters. The summed E-state index contributed by atoms with van der Waals surface area (Å²) in [5.41, 5.74) is 1.16. The fraction of sp³-hybridized carbons (Fsp3) is 0.211. The summed E-state index contributed by atoms with van der Waals surface area (Å²) < 4.78 is 10.7. The molecule has 2 aromatic carbocycles. The number of hydrogen-bond donors (Lipinski definition) is 3. The van der Waals surface area contributed by atoms with Crippen LogP contribution in [0.3, 0.4) is 0 Å². The Morgan fingerprint density at radius 1 is 1.16 bits per heavy atom. The van der Waals surface area contributed by atoms with Crippen LogP contribution in [0.4, 0.5) is 0 Å². The molecule has 3 N–H and O–H groups in total. The van der Waals surface area contributed by atoms with Crippen LogP contribution in [0.15, 0.2) is 48.3 Å². The highest BCUT2D eigenvalue weighted by atomic mass is 16.5. The normalized spacial score (nSPS) is 15.7. The minimum atomic E-state index is -0.375. The lowest BCUT2D eigenvalue weighted by atomic mass is 9.96. The predicted octanol–water partition coefficient (Wildman–Crippen LogP) is 2.67. The lowest BCUT2D eigenvalue weighted by Crippen LogP contribution is -2.27. The molecule has 0 aliphatic carbocycles. The first kappa shape index (κ1) is 16.7. The zero-order valence-electron chi connectivity index (χ0n) is 13.8. The molecule has 0 spiro atoms. The van der Waals surface area contributed by atoms with E-state index < -0.39 is 0 Å². The fourth-order valence-corrected chi connectivity index (χ4v) is 2.65. The summed E-state index contributed by atoms with van der Waals surface area (Å²) in [6.07, 6.45) is 0.834. The van der Waals surface area contributed by atoms with Gasteiger partial charge in [0.15, 0.2) is 23.2 Å². The largest absolute Gasteiger partial charge is 0.504 e. The number of carbonyl (C=O) groups excluding carboxylic acids is 1. The fourth-order valence-electron chi connectivity index (χ4n) is 2.65. The van der Waals surface area contributed by atoms with E-state index in [1.165, 1.54) is 19.2 Å². The van der Waals surface area contributed by atoms with Crippen molar-refractivity contribution in [3.05, 3.63) is 59.5 Å². The highest BCUT2D eigenvalue weighted by Gasteiger charge is 2.24. The van der Waals surface area contributed by atoms with E-state index in [0.717, 1.165) is 6.42 Å². The SMILES string of the molecule is COc1cc(/C(C(=O)c2ccccc2)=C2/NCCCO2)cc(O)c1O. The number of allylic oxidation sites excluding steroid dienone is 1. The minimum absolute atomic E-state index is 0.0739. The van der Waals surface area contributed by atoms with Crippen LogP contribution in [0.2, 0.25) is 0 Å². The molecule has 0 bridgehead atoms. The first-order valence-electron chi connectivity index (χ1n) is 7.93. The maximum absolute atomic E-state index is 13.1. The third-order valence-electron chi connectivity index (χ3n) is 3.91. The van der Waals surface area contributed by atoms with Crippen LogP contribution in [0.1, 0.15) is 22.3 Å². The van der Waals surface area contributed by atoms with Crippen LogP contribution >= 0.6 is 0 Å². The quantitative estimate of drug-likeness (QED) is 0.450. The van der Waals surface area contributed by atoms with Crippen LogP contribution in [0.25, 0.3) is 5.57 Å². The average Bonchev–Trinajstić information content (AvgIpc) is 2.66. The van der Waals surface area contributed by atoms with Crippen molar-refractivity contribution >= 4 is 11.4 Å². The molecule has 0 unspecified atom stereocenters. The summed E-state index contributed by atoms with van der Waals surface area (Å²) in [7, 11) is 1.37. The van der Waals surface area contributed by atoms with Crippen molar-refractivity contribution in [1.29, 1.82) is 0 Å². The van der Waals surface area contributed by atoms with E-state index in [4.69, 9.17) is 9.47 Å². The van der Waals surface area contributed by atoms with Gasteiger partial charge in [0.1, 0.15) is 0 Å². The van der Waals surface area contributed by atoms with E-state index in [1.807, 2.05) is 6.07 Å². The van der Waals surface area contributed by atoms with E-state index in [0.29, 0.717) is 30.2 Å². The number of hydrogen-bond acceptors (Lipinski definition) is 6. The number of nitrogens with one attached hydrogen (secondary N) is 1. The summed E-state index contributed by atoms with van der Waals surface area (Å²) in [4.78, 5) is 13.1. The molecule has 6 heteroatoms. The molecule has 1 fully saturated rings. The molecule has 0 amide bonds. The number of benzene rings is 2. The minimum Gasteiger partial charge on any atom is -0.504 e. The maximum atomic E-state index is 13.1. The van der Waals surface area contributed by atoms with Gasteiger partial charge < -0.3 is 25.0 Å². The average molecular weight is 341 g/mol. The Bertz CT molecular complexity index is 806. The van der Waals surface area contributed by atoms with Crippen molar-refractivity contribution in [3.63, 3.8) is 0 Å². The van der Waals surface area contributed by atoms with Crippen molar-refractivity contribution in [2.45, 2.75) is 6.42 Å². The number of methoxy groups -OCH3 is 1. The molecule has 6 nitrogen and oxygen atoms in total. The molecule has 2 aromatic rings.